The molecule has 0 spiro atoms. The largest absolute Gasteiger partial charge is 1.00 e. The molecule has 1 unspecified atom stereocenters. The summed E-state index contributed by atoms with van der Waals surface area (Å²) in [4.78, 5) is 2.58. The third-order valence-electron chi connectivity index (χ3n) is 2.63. The van der Waals surface area contributed by atoms with Crippen molar-refractivity contribution in [1.82, 2.24) is 4.90 Å². The molecule has 0 amide bonds. The molecule has 0 bridgehead atoms. The molecule has 0 aromatic carbocycles. The van der Waals surface area contributed by atoms with E-state index in [9.17, 15) is 0 Å². The van der Waals surface area contributed by atoms with E-state index < -0.39 is 0 Å². The maximum absolute atomic E-state index is 4.24. The maximum Gasteiger partial charge on any atom is 1.00 e. The van der Waals surface area contributed by atoms with Gasteiger partial charge in [-0.15, -0.1) is 6.54 Å². The Hall–Kier alpha value is 1.73. The molecule has 1 fully saturated rings. The van der Waals surface area contributed by atoms with Gasteiger partial charge in [-0.05, 0) is 46.2 Å². The van der Waals surface area contributed by atoms with Gasteiger partial charge in [-0.2, -0.15) is 7.05 Å². The fourth-order valence-corrected chi connectivity index (χ4v) is 2.12. The van der Waals surface area contributed by atoms with Crippen LogP contribution in [-0.4, -0.2) is 36.6 Å². The Morgan fingerprint density at radius 1 is 1.38 bits per heavy atom. The molecule has 1 aliphatic heterocycles. The van der Waals surface area contributed by atoms with E-state index in [0.29, 0.717) is 11.6 Å². The zero-order valence-corrected chi connectivity index (χ0v) is 14.7. The standard InChI is InChI=1S/C10H21N2.Rb/c1-10(2,3)12-7-5-6-9(12)8-11-4;/h9H,5-8H2,1-4H3;/q-1;+1. The Labute approximate surface area is 132 Å². The second-order valence-electron chi connectivity index (χ2n) is 4.66. The first kappa shape index (κ1) is 14.7. The SMILES string of the molecule is C[N-]CC1CCCN1C(C)(C)C.[Rb+]. The smallest absolute Gasteiger partial charge is 0.664 e. The van der Waals surface area contributed by atoms with E-state index >= 15 is 0 Å². The van der Waals surface area contributed by atoms with Gasteiger partial charge in [0.15, 0.2) is 0 Å². The predicted octanol–water partition coefficient (Wildman–Crippen LogP) is -0.743. The van der Waals surface area contributed by atoms with Crippen molar-refractivity contribution < 1.29 is 58.2 Å². The Kier molecular flexibility index (Phi) is 7.18. The maximum atomic E-state index is 4.24. The van der Waals surface area contributed by atoms with Crippen LogP contribution in [0.5, 0.6) is 0 Å². The fraction of sp³-hybridized carbons (Fsp3) is 1.00. The van der Waals surface area contributed by atoms with Crippen molar-refractivity contribution in [1.29, 1.82) is 0 Å². The van der Waals surface area contributed by atoms with Crippen LogP contribution in [0.3, 0.4) is 0 Å². The molecule has 3 heteroatoms. The molecule has 0 aromatic heterocycles. The molecule has 0 N–H and O–H groups in total. The number of likely N-dealkylation sites (N-methyl/N-ethyl adjacent to an activating group) is 1. The van der Waals surface area contributed by atoms with Crippen molar-refractivity contribution in [2.75, 3.05) is 20.1 Å². The molecule has 1 rings (SSSR count). The summed E-state index contributed by atoms with van der Waals surface area (Å²) >= 11 is 0. The minimum absolute atomic E-state index is 0. The van der Waals surface area contributed by atoms with Gasteiger partial charge in [0.2, 0.25) is 0 Å². The average Bonchev–Trinajstić information content (AvgIpc) is 2.34. The minimum atomic E-state index is 0. The van der Waals surface area contributed by atoms with Crippen molar-refractivity contribution in [3.05, 3.63) is 5.32 Å². The van der Waals surface area contributed by atoms with E-state index in [0.717, 1.165) is 6.54 Å². The van der Waals surface area contributed by atoms with E-state index in [1.165, 1.54) is 19.4 Å². The van der Waals surface area contributed by atoms with Crippen LogP contribution in [0.2, 0.25) is 0 Å². The van der Waals surface area contributed by atoms with Gasteiger partial charge in [-0.3, -0.25) is 4.90 Å². The molecule has 13 heavy (non-hydrogen) atoms. The summed E-state index contributed by atoms with van der Waals surface area (Å²) in [6.45, 7) is 9.14. The topological polar surface area (TPSA) is 17.3 Å². The van der Waals surface area contributed by atoms with Crippen LogP contribution in [0.4, 0.5) is 0 Å². The van der Waals surface area contributed by atoms with E-state index in [4.69, 9.17) is 0 Å². The van der Waals surface area contributed by atoms with Crippen LogP contribution >= 0.6 is 0 Å². The second-order valence-corrected chi connectivity index (χ2v) is 4.66. The first-order chi connectivity index (χ1) is 5.55. The third kappa shape index (κ3) is 4.39. The fourth-order valence-electron chi connectivity index (χ4n) is 2.12. The monoisotopic (exact) mass is 254 g/mol. The van der Waals surface area contributed by atoms with Crippen molar-refractivity contribution >= 4 is 0 Å². The van der Waals surface area contributed by atoms with E-state index in [1.54, 1.807) is 0 Å². The Balaban J connectivity index is 0.00000144. The summed E-state index contributed by atoms with van der Waals surface area (Å²) in [6.07, 6.45) is 2.67. The number of hydrogen-bond donors (Lipinski definition) is 0. The van der Waals surface area contributed by atoms with Gasteiger partial charge in [0, 0.05) is 5.54 Å². The Bertz CT molecular complexity index is 142. The Morgan fingerprint density at radius 3 is 2.46 bits per heavy atom. The first-order valence-electron chi connectivity index (χ1n) is 4.88. The number of nitrogens with zero attached hydrogens (tertiary/aromatic N) is 2. The van der Waals surface area contributed by atoms with Gasteiger partial charge in [0.1, 0.15) is 0 Å². The van der Waals surface area contributed by atoms with Gasteiger partial charge in [0.05, 0.1) is 0 Å². The third-order valence-corrected chi connectivity index (χ3v) is 2.63. The second kappa shape index (κ2) is 6.34. The van der Waals surface area contributed by atoms with Gasteiger partial charge >= 0.3 is 58.2 Å². The van der Waals surface area contributed by atoms with E-state index in [-0.39, 0.29) is 58.2 Å². The van der Waals surface area contributed by atoms with Crippen LogP contribution < -0.4 is 58.2 Å². The van der Waals surface area contributed by atoms with Crippen LogP contribution in [-0.2, 0) is 0 Å². The molecule has 1 heterocycles. The Morgan fingerprint density at radius 2 is 2.00 bits per heavy atom. The molecule has 0 aliphatic carbocycles. The van der Waals surface area contributed by atoms with Crippen molar-refractivity contribution in [2.24, 2.45) is 0 Å². The summed E-state index contributed by atoms with van der Waals surface area (Å²) < 4.78 is 0. The van der Waals surface area contributed by atoms with E-state index in [1.807, 2.05) is 7.05 Å². The van der Waals surface area contributed by atoms with Crippen molar-refractivity contribution in [2.45, 2.75) is 45.2 Å². The normalized spacial score (nSPS) is 24.5. The molecule has 1 saturated heterocycles. The summed E-state index contributed by atoms with van der Waals surface area (Å²) in [5.41, 5.74) is 0.325. The average molecular weight is 255 g/mol. The molecule has 0 aromatic rings. The summed E-state index contributed by atoms with van der Waals surface area (Å²) in [5.74, 6) is 0. The summed E-state index contributed by atoms with van der Waals surface area (Å²) in [7, 11) is 1.92. The summed E-state index contributed by atoms with van der Waals surface area (Å²) in [6, 6.07) is 0.704. The number of hydrogen-bond acceptors (Lipinski definition) is 1. The molecular weight excluding hydrogens is 234 g/mol. The molecular formula is C10H21N2Rb. The van der Waals surface area contributed by atoms with Gasteiger partial charge in [0.25, 0.3) is 0 Å². The van der Waals surface area contributed by atoms with Crippen LogP contribution in [0, 0.1) is 0 Å². The van der Waals surface area contributed by atoms with Gasteiger partial charge in [-0.25, -0.2) is 0 Å². The van der Waals surface area contributed by atoms with Crippen LogP contribution in [0.1, 0.15) is 33.6 Å². The van der Waals surface area contributed by atoms with Crippen LogP contribution in [0.15, 0.2) is 0 Å². The van der Waals surface area contributed by atoms with Crippen molar-refractivity contribution in [3.63, 3.8) is 0 Å². The zero-order valence-electron chi connectivity index (χ0n) is 9.80. The van der Waals surface area contributed by atoms with Crippen molar-refractivity contribution in [3.8, 4) is 0 Å². The van der Waals surface area contributed by atoms with Gasteiger partial charge < -0.3 is 5.32 Å². The minimum Gasteiger partial charge on any atom is -0.664 e. The molecule has 0 saturated carbocycles. The van der Waals surface area contributed by atoms with E-state index in [2.05, 4.69) is 31.0 Å². The molecule has 1 aliphatic rings. The molecule has 1 atom stereocenters. The summed E-state index contributed by atoms with van der Waals surface area (Å²) in [5, 5.41) is 4.24. The zero-order chi connectivity index (χ0) is 9.19. The number of rotatable bonds is 2. The van der Waals surface area contributed by atoms with Gasteiger partial charge in [-0.1, -0.05) is 0 Å². The quantitative estimate of drug-likeness (QED) is 0.635. The molecule has 72 valence electrons. The predicted molar refractivity (Wildman–Crippen MR) is 53.6 cm³/mol. The molecule has 2 nitrogen and oxygen atoms in total. The molecule has 0 radical (unpaired) electrons. The first-order valence-corrected chi connectivity index (χ1v) is 4.88. The van der Waals surface area contributed by atoms with Crippen LogP contribution in [0.25, 0.3) is 5.32 Å². The number of likely N-dealkylation sites (tertiary alicyclic amines) is 1.